The Hall–Kier alpha value is -1.81. The first kappa shape index (κ1) is 14.6. The molecule has 0 radical (unpaired) electrons. The number of aryl methyl sites for hydroxylation is 1. The van der Waals surface area contributed by atoms with E-state index in [0.29, 0.717) is 0 Å². The molecule has 0 aliphatic carbocycles. The van der Waals surface area contributed by atoms with Crippen molar-refractivity contribution in [2.75, 3.05) is 0 Å². The van der Waals surface area contributed by atoms with Gasteiger partial charge >= 0.3 is 5.97 Å². The van der Waals surface area contributed by atoms with Gasteiger partial charge in [-0.25, -0.2) is 4.79 Å². The van der Waals surface area contributed by atoms with Crippen LogP contribution in [0.3, 0.4) is 0 Å². The molecule has 0 spiro atoms. The van der Waals surface area contributed by atoms with Crippen LogP contribution in [-0.2, 0) is 6.54 Å². The van der Waals surface area contributed by atoms with Crippen LogP contribution >= 0.6 is 0 Å². The van der Waals surface area contributed by atoms with Gasteiger partial charge in [0.2, 0.25) is 0 Å². The standard InChI is InChI=1S/C16H21NO3/c1-4-5-8-17-10(2)15(11(3)18)13-9-12(16(19)20)6-7-14(13)17/h6-7,9,11,18H,4-5,8H2,1-3H3,(H,19,20). The number of aliphatic hydroxyl groups is 1. The molecule has 1 heterocycles. The molecule has 0 saturated carbocycles. The first-order valence-corrected chi connectivity index (χ1v) is 7.01. The molecule has 0 bridgehead atoms. The molecule has 4 heteroatoms. The Morgan fingerprint density at radius 3 is 2.65 bits per heavy atom. The second kappa shape index (κ2) is 5.67. The van der Waals surface area contributed by atoms with Crippen molar-refractivity contribution in [3.05, 3.63) is 35.0 Å². The summed E-state index contributed by atoms with van der Waals surface area (Å²) in [7, 11) is 0. The van der Waals surface area contributed by atoms with Gasteiger partial charge in [-0.1, -0.05) is 13.3 Å². The van der Waals surface area contributed by atoms with Crippen LogP contribution in [-0.4, -0.2) is 20.7 Å². The van der Waals surface area contributed by atoms with E-state index in [-0.39, 0.29) is 5.56 Å². The molecule has 1 aromatic heterocycles. The van der Waals surface area contributed by atoms with Gasteiger partial charge in [0.05, 0.1) is 11.7 Å². The molecule has 2 aromatic rings. The number of hydrogen-bond donors (Lipinski definition) is 2. The van der Waals surface area contributed by atoms with E-state index >= 15 is 0 Å². The zero-order valence-corrected chi connectivity index (χ0v) is 12.2. The van der Waals surface area contributed by atoms with Crippen molar-refractivity contribution in [1.82, 2.24) is 4.57 Å². The number of carboxylic acids is 1. The average Bonchev–Trinajstić information content (AvgIpc) is 2.67. The van der Waals surface area contributed by atoms with Crippen LogP contribution in [0.15, 0.2) is 18.2 Å². The minimum atomic E-state index is -0.942. The Labute approximate surface area is 118 Å². The van der Waals surface area contributed by atoms with Crippen molar-refractivity contribution in [3.8, 4) is 0 Å². The van der Waals surface area contributed by atoms with E-state index in [1.54, 1.807) is 19.1 Å². The van der Waals surface area contributed by atoms with Crippen LogP contribution in [0, 0.1) is 6.92 Å². The Bertz CT molecular complexity index is 641. The number of aliphatic hydroxyl groups excluding tert-OH is 1. The SMILES string of the molecule is CCCCn1c(C)c(C(C)O)c2cc(C(=O)O)ccc21. The van der Waals surface area contributed by atoms with E-state index in [2.05, 4.69) is 11.5 Å². The first-order valence-electron chi connectivity index (χ1n) is 7.01. The zero-order valence-electron chi connectivity index (χ0n) is 12.2. The van der Waals surface area contributed by atoms with Crippen LogP contribution in [0.5, 0.6) is 0 Å². The van der Waals surface area contributed by atoms with Crippen LogP contribution in [0.1, 0.15) is 54.4 Å². The quantitative estimate of drug-likeness (QED) is 0.877. The topological polar surface area (TPSA) is 62.5 Å². The summed E-state index contributed by atoms with van der Waals surface area (Å²) in [6.45, 7) is 6.73. The van der Waals surface area contributed by atoms with E-state index in [0.717, 1.165) is 41.5 Å². The summed E-state index contributed by atoms with van der Waals surface area (Å²) in [5, 5.41) is 20.0. The monoisotopic (exact) mass is 275 g/mol. The maximum absolute atomic E-state index is 11.1. The summed E-state index contributed by atoms with van der Waals surface area (Å²) >= 11 is 0. The van der Waals surface area contributed by atoms with E-state index < -0.39 is 12.1 Å². The third-order valence-electron chi connectivity index (χ3n) is 3.77. The zero-order chi connectivity index (χ0) is 14.9. The number of fused-ring (bicyclic) bond motifs is 1. The third-order valence-corrected chi connectivity index (χ3v) is 3.77. The van der Waals surface area contributed by atoms with Gasteiger partial charge in [-0.2, -0.15) is 0 Å². The summed E-state index contributed by atoms with van der Waals surface area (Å²) < 4.78 is 2.17. The molecule has 4 nitrogen and oxygen atoms in total. The fraction of sp³-hybridized carbons (Fsp3) is 0.438. The molecular weight excluding hydrogens is 254 g/mol. The highest BCUT2D eigenvalue weighted by Gasteiger charge is 2.18. The van der Waals surface area contributed by atoms with Gasteiger partial charge in [-0.05, 0) is 38.5 Å². The summed E-state index contributed by atoms with van der Waals surface area (Å²) in [5.41, 5.74) is 3.11. The average molecular weight is 275 g/mol. The van der Waals surface area contributed by atoms with Gasteiger partial charge in [0, 0.05) is 28.7 Å². The molecule has 0 saturated heterocycles. The minimum absolute atomic E-state index is 0.257. The molecule has 108 valence electrons. The maximum atomic E-state index is 11.1. The lowest BCUT2D eigenvalue weighted by Gasteiger charge is -2.08. The predicted molar refractivity (Wildman–Crippen MR) is 79.2 cm³/mol. The lowest BCUT2D eigenvalue weighted by Crippen LogP contribution is -2.01. The number of benzene rings is 1. The molecule has 1 atom stereocenters. The molecule has 0 aliphatic heterocycles. The molecule has 0 amide bonds. The van der Waals surface area contributed by atoms with Gasteiger partial charge in [-0.15, -0.1) is 0 Å². The Morgan fingerprint density at radius 1 is 1.40 bits per heavy atom. The number of unbranched alkanes of at least 4 members (excludes halogenated alkanes) is 1. The van der Waals surface area contributed by atoms with Crippen molar-refractivity contribution in [3.63, 3.8) is 0 Å². The number of nitrogens with zero attached hydrogens (tertiary/aromatic N) is 1. The fourth-order valence-electron chi connectivity index (χ4n) is 2.77. The highest BCUT2D eigenvalue weighted by atomic mass is 16.4. The molecule has 2 rings (SSSR count). The largest absolute Gasteiger partial charge is 0.478 e. The van der Waals surface area contributed by atoms with Gasteiger partial charge < -0.3 is 14.8 Å². The smallest absolute Gasteiger partial charge is 0.335 e. The number of rotatable bonds is 5. The molecule has 0 fully saturated rings. The summed E-state index contributed by atoms with van der Waals surface area (Å²) in [4.78, 5) is 11.1. The highest BCUT2D eigenvalue weighted by Crippen LogP contribution is 2.31. The molecule has 1 unspecified atom stereocenters. The number of carboxylic acid groups (broad SMARTS) is 1. The van der Waals surface area contributed by atoms with Crippen LogP contribution in [0.4, 0.5) is 0 Å². The van der Waals surface area contributed by atoms with Crippen molar-refractivity contribution in [2.24, 2.45) is 0 Å². The van der Waals surface area contributed by atoms with Gasteiger partial charge in [0.15, 0.2) is 0 Å². The van der Waals surface area contributed by atoms with Gasteiger partial charge in [0.1, 0.15) is 0 Å². The summed E-state index contributed by atoms with van der Waals surface area (Å²) in [6.07, 6.45) is 1.55. The molecule has 0 aliphatic rings. The van der Waals surface area contributed by atoms with E-state index in [1.807, 2.05) is 13.0 Å². The van der Waals surface area contributed by atoms with Crippen LogP contribution in [0.25, 0.3) is 10.9 Å². The fourth-order valence-corrected chi connectivity index (χ4v) is 2.77. The first-order chi connectivity index (χ1) is 9.47. The lowest BCUT2D eigenvalue weighted by molar-refractivity contribution is 0.0697. The van der Waals surface area contributed by atoms with Crippen LogP contribution in [0.2, 0.25) is 0 Å². The van der Waals surface area contributed by atoms with Crippen molar-refractivity contribution < 1.29 is 15.0 Å². The van der Waals surface area contributed by atoms with Crippen molar-refractivity contribution in [2.45, 2.75) is 46.3 Å². The Morgan fingerprint density at radius 2 is 2.10 bits per heavy atom. The molecule has 20 heavy (non-hydrogen) atoms. The van der Waals surface area contributed by atoms with Gasteiger partial charge in [-0.3, -0.25) is 0 Å². The molecular formula is C16H21NO3. The van der Waals surface area contributed by atoms with E-state index in [4.69, 9.17) is 5.11 Å². The summed E-state index contributed by atoms with van der Waals surface area (Å²) in [6, 6.07) is 5.13. The Balaban J connectivity index is 2.69. The number of hydrogen-bond acceptors (Lipinski definition) is 2. The van der Waals surface area contributed by atoms with Crippen molar-refractivity contribution in [1.29, 1.82) is 0 Å². The van der Waals surface area contributed by atoms with Gasteiger partial charge in [0.25, 0.3) is 0 Å². The second-order valence-corrected chi connectivity index (χ2v) is 5.22. The highest BCUT2D eigenvalue weighted by molar-refractivity contribution is 5.95. The third kappa shape index (κ3) is 2.43. The van der Waals surface area contributed by atoms with Crippen molar-refractivity contribution >= 4 is 16.9 Å². The predicted octanol–water partition coefficient (Wildman–Crippen LogP) is 3.50. The number of aromatic carboxylic acids is 1. The minimum Gasteiger partial charge on any atom is -0.478 e. The second-order valence-electron chi connectivity index (χ2n) is 5.22. The molecule has 1 aromatic carbocycles. The Kier molecular flexibility index (Phi) is 4.14. The normalized spacial score (nSPS) is 12.8. The number of carbonyl (C=O) groups is 1. The lowest BCUT2D eigenvalue weighted by atomic mass is 10.0. The number of aromatic nitrogens is 1. The maximum Gasteiger partial charge on any atom is 0.335 e. The van der Waals surface area contributed by atoms with E-state index in [9.17, 15) is 9.90 Å². The van der Waals surface area contributed by atoms with E-state index in [1.165, 1.54) is 0 Å². The molecule has 2 N–H and O–H groups in total. The summed E-state index contributed by atoms with van der Waals surface area (Å²) in [5.74, 6) is -0.942. The van der Waals surface area contributed by atoms with Crippen LogP contribution < -0.4 is 0 Å².